The number of nitrogens with one attached hydrogen (secondary N) is 1. The molecule has 1 aromatic carbocycles. The first kappa shape index (κ1) is 29.5. The molecule has 0 fully saturated rings. The highest BCUT2D eigenvalue weighted by Crippen LogP contribution is 2.33. The molecule has 13 heteroatoms. The Morgan fingerprint density at radius 3 is 2.59 bits per heavy atom. The molecule has 0 spiro atoms. The van der Waals surface area contributed by atoms with E-state index in [4.69, 9.17) is 14.7 Å². The van der Waals surface area contributed by atoms with Crippen LogP contribution >= 0.6 is 11.3 Å². The van der Waals surface area contributed by atoms with Crippen molar-refractivity contribution in [1.29, 1.82) is 5.26 Å². The number of aromatic carboxylic acids is 1. The first-order chi connectivity index (χ1) is 18.4. The first-order valence-electron chi connectivity index (χ1n) is 12.0. The lowest BCUT2D eigenvalue weighted by molar-refractivity contribution is -0.128. The third-order valence-corrected chi connectivity index (χ3v) is 7.58. The molecule has 2 heterocycles. The second-order valence-electron chi connectivity index (χ2n) is 9.15. The molecule has 0 saturated carbocycles. The molecule has 11 nitrogen and oxygen atoms in total. The number of hydrogen-bond acceptors (Lipinski definition) is 8. The standard InChI is InChI=1S/C26H29FN4O7S/c1-6-29-24(35)26(3,4)31-21(32)19-14(2)20(23(33)34)39-22(19)30(25(31)36)13-18(38-11-7-10-28)16-12-15(27)8-9-17(16)37-5/h8-9,12,18H,6-7,11,13H2,1-5H3,(H,29,35)(H,33,34). The zero-order chi connectivity index (χ0) is 29.1. The van der Waals surface area contributed by atoms with Gasteiger partial charge in [-0.1, -0.05) is 0 Å². The lowest BCUT2D eigenvalue weighted by Crippen LogP contribution is -2.55. The van der Waals surface area contributed by atoms with Crippen LogP contribution in [-0.2, 0) is 21.6 Å². The summed E-state index contributed by atoms with van der Waals surface area (Å²) in [4.78, 5) is 52.4. The van der Waals surface area contributed by atoms with Crippen LogP contribution in [0.5, 0.6) is 5.75 Å². The normalized spacial score (nSPS) is 12.2. The monoisotopic (exact) mass is 560 g/mol. The Hall–Kier alpha value is -4.02. The van der Waals surface area contributed by atoms with E-state index >= 15 is 0 Å². The molecule has 3 rings (SSSR count). The van der Waals surface area contributed by atoms with E-state index in [1.807, 2.05) is 6.07 Å². The number of likely N-dealkylation sites (N-methyl/N-ethyl adjacent to an activating group) is 1. The Bertz CT molecular complexity index is 1580. The van der Waals surface area contributed by atoms with Crippen molar-refractivity contribution < 1.29 is 28.6 Å². The number of aromatic nitrogens is 2. The molecule has 1 atom stereocenters. The smallest absolute Gasteiger partial charge is 0.346 e. The number of fused-ring (bicyclic) bond motifs is 1. The van der Waals surface area contributed by atoms with Gasteiger partial charge in [0.2, 0.25) is 5.91 Å². The van der Waals surface area contributed by atoms with Crippen molar-refractivity contribution >= 4 is 33.4 Å². The first-order valence-corrected chi connectivity index (χ1v) is 12.8. The van der Waals surface area contributed by atoms with Gasteiger partial charge < -0.3 is 19.9 Å². The molecular weight excluding hydrogens is 531 g/mol. The van der Waals surface area contributed by atoms with Crippen LogP contribution in [0.3, 0.4) is 0 Å². The number of thiophene rings is 1. The number of carbonyl (C=O) groups is 2. The molecule has 2 aromatic heterocycles. The number of methoxy groups -OCH3 is 1. The van der Waals surface area contributed by atoms with Crippen molar-refractivity contribution in [2.24, 2.45) is 0 Å². The number of benzene rings is 1. The van der Waals surface area contributed by atoms with Gasteiger partial charge in [0, 0.05) is 12.1 Å². The number of carboxylic acid groups (broad SMARTS) is 1. The number of carbonyl (C=O) groups excluding carboxylic acids is 1. The van der Waals surface area contributed by atoms with Gasteiger partial charge in [0.1, 0.15) is 32.9 Å². The lowest BCUT2D eigenvalue weighted by atomic mass is 10.0. The predicted molar refractivity (Wildman–Crippen MR) is 142 cm³/mol. The molecule has 0 saturated heterocycles. The Kier molecular flexibility index (Phi) is 8.93. The van der Waals surface area contributed by atoms with Gasteiger partial charge in [-0.3, -0.25) is 14.2 Å². The quantitative estimate of drug-likeness (QED) is 0.340. The minimum Gasteiger partial charge on any atom is -0.496 e. The molecule has 1 unspecified atom stereocenters. The Morgan fingerprint density at radius 2 is 2.00 bits per heavy atom. The van der Waals surface area contributed by atoms with E-state index in [1.165, 1.54) is 46.1 Å². The van der Waals surface area contributed by atoms with E-state index in [1.54, 1.807) is 6.92 Å². The maximum absolute atomic E-state index is 14.3. The molecule has 39 heavy (non-hydrogen) atoms. The Morgan fingerprint density at radius 1 is 1.31 bits per heavy atom. The van der Waals surface area contributed by atoms with Crippen molar-refractivity contribution in [2.75, 3.05) is 20.3 Å². The van der Waals surface area contributed by atoms with Gasteiger partial charge in [-0.15, -0.1) is 11.3 Å². The van der Waals surface area contributed by atoms with E-state index in [9.17, 15) is 28.7 Å². The van der Waals surface area contributed by atoms with E-state index < -0.39 is 40.6 Å². The van der Waals surface area contributed by atoms with Crippen LogP contribution in [0.1, 0.15) is 54.1 Å². The van der Waals surface area contributed by atoms with Gasteiger partial charge in [-0.25, -0.2) is 18.5 Å². The molecular formula is C26H29FN4O7S. The molecule has 2 N–H and O–H groups in total. The van der Waals surface area contributed by atoms with Crippen LogP contribution in [0, 0.1) is 24.1 Å². The summed E-state index contributed by atoms with van der Waals surface area (Å²) in [5.74, 6) is -2.21. The Labute approximate surface area is 227 Å². The topological polar surface area (TPSA) is 153 Å². The van der Waals surface area contributed by atoms with Gasteiger partial charge in [-0.2, -0.15) is 5.26 Å². The number of aryl methyl sites for hydroxylation is 1. The lowest BCUT2D eigenvalue weighted by Gasteiger charge is -2.27. The molecule has 1 amide bonds. The SMILES string of the molecule is CCNC(=O)C(C)(C)n1c(=O)c2c(C)c(C(=O)O)sc2n(CC(OCCC#N)c2cc(F)ccc2OC)c1=O. The molecule has 0 radical (unpaired) electrons. The van der Waals surface area contributed by atoms with Crippen molar-refractivity contribution in [2.45, 2.75) is 52.3 Å². The number of hydrogen-bond donors (Lipinski definition) is 2. The molecule has 0 aliphatic rings. The highest BCUT2D eigenvalue weighted by atomic mass is 32.1. The number of ether oxygens (including phenoxy) is 2. The maximum Gasteiger partial charge on any atom is 0.346 e. The van der Waals surface area contributed by atoms with E-state index in [2.05, 4.69) is 5.32 Å². The van der Waals surface area contributed by atoms with Crippen molar-refractivity contribution in [3.8, 4) is 11.8 Å². The fraction of sp³-hybridized carbons (Fsp3) is 0.423. The highest BCUT2D eigenvalue weighted by Gasteiger charge is 2.36. The second kappa shape index (κ2) is 11.8. The number of carboxylic acids is 1. The van der Waals surface area contributed by atoms with Crippen LogP contribution in [0.15, 0.2) is 27.8 Å². The van der Waals surface area contributed by atoms with Crippen molar-refractivity contribution in [3.63, 3.8) is 0 Å². The average molecular weight is 561 g/mol. The van der Waals surface area contributed by atoms with Gasteiger partial charge in [0.15, 0.2) is 0 Å². The van der Waals surface area contributed by atoms with E-state index in [0.29, 0.717) is 0 Å². The summed E-state index contributed by atoms with van der Waals surface area (Å²) in [7, 11) is 1.38. The number of nitrogens with zero attached hydrogens (tertiary/aromatic N) is 3. The van der Waals surface area contributed by atoms with E-state index in [-0.39, 0.29) is 58.1 Å². The Balaban J connectivity index is 2.38. The van der Waals surface area contributed by atoms with Crippen molar-refractivity contribution in [1.82, 2.24) is 14.5 Å². The maximum atomic E-state index is 14.3. The minimum atomic E-state index is -1.65. The minimum absolute atomic E-state index is 0.00340. The van der Waals surface area contributed by atoms with Gasteiger partial charge in [0.05, 0.1) is 38.1 Å². The third kappa shape index (κ3) is 5.57. The zero-order valence-corrected chi connectivity index (χ0v) is 23.0. The summed E-state index contributed by atoms with van der Waals surface area (Å²) in [5, 5.41) is 21.3. The van der Waals surface area contributed by atoms with Gasteiger partial charge in [0.25, 0.3) is 5.56 Å². The second-order valence-corrected chi connectivity index (χ2v) is 10.1. The molecule has 0 bridgehead atoms. The number of nitriles is 1. The summed E-state index contributed by atoms with van der Waals surface area (Å²) >= 11 is 0.740. The summed E-state index contributed by atoms with van der Waals surface area (Å²) in [6.45, 7) is 5.86. The van der Waals surface area contributed by atoms with Crippen LogP contribution < -0.4 is 21.3 Å². The third-order valence-electron chi connectivity index (χ3n) is 6.28. The van der Waals surface area contributed by atoms with Crippen LogP contribution in [0.25, 0.3) is 10.2 Å². The summed E-state index contributed by atoms with van der Waals surface area (Å²) < 4.78 is 27.5. The predicted octanol–water partition coefficient (Wildman–Crippen LogP) is 2.92. The molecule has 0 aliphatic carbocycles. The number of amides is 1. The number of rotatable bonds is 11. The van der Waals surface area contributed by atoms with E-state index in [0.717, 1.165) is 20.5 Å². The van der Waals surface area contributed by atoms with Crippen molar-refractivity contribution in [3.05, 3.63) is 60.9 Å². The highest BCUT2D eigenvalue weighted by molar-refractivity contribution is 7.20. The fourth-order valence-corrected chi connectivity index (χ4v) is 5.43. The molecule has 208 valence electrons. The van der Waals surface area contributed by atoms with Crippen LogP contribution in [0.4, 0.5) is 4.39 Å². The average Bonchev–Trinajstić information content (AvgIpc) is 3.23. The van der Waals surface area contributed by atoms with Crippen LogP contribution in [0.2, 0.25) is 0 Å². The number of halogens is 1. The zero-order valence-electron chi connectivity index (χ0n) is 22.2. The summed E-state index contributed by atoms with van der Waals surface area (Å²) in [6, 6.07) is 5.71. The molecule has 3 aromatic rings. The fourth-order valence-electron chi connectivity index (χ4n) is 4.29. The van der Waals surface area contributed by atoms with Gasteiger partial charge >= 0.3 is 11.7 Å². The summed E-state index contributed by atoms with van der Waals surface area (Å²) in [5.41, 5.74) is -2.96. The van der Waals surface area contributed by atoms with Gasteiger partial charge in [-0.05, 0) is 51.5 Å². The molecule has 0 aliphatic heterocycles. The summed E-state index contributed by atoms with van der Waals surface area (Å²) in [6.07, 6.45) is -1.04. The largest absolute Gasteiger partial charge is 0.496 e. The van der Waals surface area contributed by atoms with Crippen LogP contribution in [-0.4, -0.2) is 46.4 Å².